The van der Waals surface area contributed by atoms with Crippen molar-refractivity contribution < 1.29 is 9.13 Å². The molecule has 30 heavy (non-hydrogen) atoms. The molecule has 5 nitrogen and oxygen atoms in total. The number of morpholine rings is 1. The molecule has 1 unspecified atom stereocenters. The third-order valence-corrected chi connectivity index (χ3v) is 7.54. The van der Waals surface area contributed by atoms with Gasteiger partial charge in [-0.1, -0.05) is 11.6 Å². The molecule has 5 rings (SSSR count). The second-order valence-electron chi connectivity index (χ2n) is 8.01. The number of fused-ring (bicyclic) bond motifs is 3. The summed E-state index contributed by atoms with van der Waals surface area (Å²) in [7, 11) is 0. The summed E-state index contributed by atoms with van der Waals surface area (Å²) in [6, 6.07) is 4.63. The molecule has 158 valence electrons. The normalized spacial score (nSPS) is 19.7. The zero-order valence-electron chi connectivity index (χ0n) is 16.7. The molecule has 0 radical (unpaired) electrons. The number of hydrogen-bond donors (Lipinski definition) is 1. The van der Waals surface area contributed by atoms with E-state index in [4.69, 9.17) is 16.3 Å². The number of aryl methyl sites for hydroxylation is 1. The first kappa shape index (κ1) is 20.1. The summed E-state index contributed by atoms with van der Waals surface area (Å²) in [6.45, 7) is 4.99. The fourth-order valence-electron chi connectivity index (χ4n) is 4.42. The molecule has 1 aliphatic heterocycles. The number of aromatic nitrogens is 2. The Balaban J connectivity index is 1.34. The van der Waals surface area contributed by atoms with Crippen molar-refractivity contribution in [2.75, 3.05) is 38.2 Å². The third-order valence-electron chi connectivity index (χ3n) is 6.09. The van der Waals surface area contributed by atoms with Crippen LogP contribution in [0.3, 0.4) is 0 Å². The highest BCUT2D eigenvalue weighted by atomic mass is 35.5. The van der Waals surface area contributed by atoms with Crippen molar-refractivity contribution in [2.24, 2.45) is 5.92 Å². The van der Waals surface area contributed by atoms with Gasteiger partial charge in [0.05, 0.1) is 23.6 Å². The molecular weight excluding hydrogens is 423 g/mol. The Morgan fingerprint density at radius 1 is 1.27 bits per heavy atom. The van der Waals surface area contributed by atoms with E-state index in [1.54, 1.807) is 29.8 Å². The van der Waals surface area contributed by atoms with Gasteiger partial charge >= 0.3 is 0 Å². The van der Waals surface area contributed by atoms with E-state index in [2.05, 4.69) is 20.2 Å². The zero-order chi connectivity index (χ0) is 20.5. The number of hydrogen-bond acceptors (Lipinski definition) is 6. The minimum absolute atomic E-state index is 0.0979. The molecule has 0 bridgehead atoms. The smallest absolute Gasteiger partial charge is 0.142 e. The lowest BCUT2D eigenvalue weighted by atomic mass is 9.85. The van der Waals surface area contributed by atoms with E-state index in [1.807, 2.05) is 0 Å². The van der Waals surface area contributed by atoms with Crippen LogP contribution in [0.2, 0.25) is 5.02 Å². The van der Waals surface area contributed by atoms with Gasteiger partial charge in [0.1, 0.15) is 22.8 Å². The molecule has 1 N–H and O–H groups in total. The van der Waals surface area contributed by atoms with Gasteiger partial charge in [-0.05, 0) is 61.9 Å². The highest BCUT2D eigenvalue weighted by Crippen LogP contribution is 2.41. The number of anilines is 2. The number of thiophene rings is 1. The van der Waals surface area contributed by atoms with Crippen LogP contribution < -0.4 is 5.32 Å². The van der Waals surface area contributed by atoms with Gasteiger partial charge in [0, 0.05) is 23.7 Å². The summed E-state index contributed by atoms with van der Waals surface area (Å²) in [5, 5.41) is 4.52. The number of nitrogens with zero attached hydrogens (tertiary/aromatic N) is 3. The molecule has 3 aromatic rings. The summed E-state index contributed by atoms with van der Waals surface area (Å²) >= 11 is 7.72. The lowest BCUT2D eigenvalue weighted by Gasteiger charge is -2.29. The van der Waals surface area contributed by atoms with E-state index >= 15 is 0 Å². The summed E-state index contributed by atoms with van der Waals surface area (Å²) in [6.07, 6.45) is 6.18. The average Bonchev–Trinajstić information content (AvgIpc) is 3.14. The monoisotopic (exact) mass is 446 g/mol. The quantitative estimate of drug-likeness (QED) is 0.594. The molecule has 1 atom stereocenters. The van der Waals surface area contributed by atoms with Gasteiger partial charge in [0.15, 0.2) is 0 Å². The van der Waals surface area contributed by atoms with Gasteiger partial charge in [-0.25, -0.2) is 14.4 Å². The molecule has 0 saturated carbocycles. The largest absolute Gasteiger partial charge is 0.379 e. The van der Waals surface area contributed by atoms with Crippen molar-refractivity contribution in [3.63, 3.8) is 0 Å². The van der Waals surface area contributed by atoms with E-state index in [-0.39, 0.29) is 5.02 Å². The minimum Gasteiger partial charge on any atom is -0.379 e. The number of ether oxygens (including phenoxy) is 1. The maximum atomic E-state index is 13.5. The summed E-state index contributed by atoms with van der Waals surface area (Å²) in [4.78, 5) is 14.0. The highest BCUT2D eigenvalue weighted by molar-refractivity contribution is 7.19. The summed E-state index contributed by atoms with van der Waals surface area (Å²) in [5.74, 6) is 1.06. The zero-order valence-corrected chi connectivity index (χ0v) is 18.2. The van der Waals surface area contributed by atoms with Crippen LogP contribution in [0.4, 0.5) is 15.9 Å². The predicted octanol–water partition coefficient (Wildman–Crippen LogP) is 5.05. The number of nitrogens with one attached hydrogen (secondary N) is 1. The molecule has 2 aromatic heterocycles. The average molecular weight is 447 g/mol. The highest BCUT2D eigenvalue weighted by Gasteiger charge is 2.26. The molecule has 2 aliphatic rings. The number of rotatable bonds is 5. The SMILES string of the molecule is Fc1ccc(Nc2ncnc3sc4c(c23)CCC(CCN2CCOCC2)C4)cc1Cl. The van der Waals surface area contributed by atoms with E-state index in [0.717, 1.165) is 67.4 Å². The molecule has 1 aliphatic carbocycles. The van der Waals surface area contributed by atoms with Crippen LogP contribution in [-0.2, 0) is 17.6 Å². The van der Waals surface area contributed by atoms with Gasteiger partial charge in [0.2, 0.25) is 0 Å². The Morgan fingerprint density at radius 3 is 2.97 bits per heavy atom. The topological polar surface area (TPSA) is 50.3 Å². The molecule has 1 saturated heterocycles. The first-order chi connectivity index (χ1) is 14.7. The van der Waals surface area contributed by atoms with Crippen molar-refractivity contribution in [3.8, 4) is 0 Å². The van der Waals surface area contributed by atoms with E-state index < -0.39 is 5.82 Å². The van der Waals surface area contributed by atoms with E-state index in [9.17, 15) is 4.39 Å². The standard InChI is InChI=1S/C22H24ClFN4OS/c23-17-12-15(2-4-18(17)24)27-21-20-16-3-1-14(5-6-28-7-9-29-10-8-28)11-19(16)30-22(20)26-13-25-21/h2,4,12-14H,1,3,5-11H2,(H,25,26,27). The first-order valence-electron chi connectivity index (χ1n) is 10.4. The van der Waals surface area contributed by atoms with Crippen LogP contribution in [0.1, 0.15) is 23.3 Å². The van der Waals surface area contributed by atoms with Crippen LogP contribution in [0, 0.1) is 11.7 Å². The Bertz CT molecular complexity index is 1050. The van der Waals surface area contributed by atoms with Crippen LogP contribution in [0.25, 0.3) is 10.2 Å². The van der Waals surface area contributed by atoms with Gasteiger partial charge in [-0.3, -0.25) is 4.90 Å². The second-order valence-corrected chi connectivity index (χ2v) is 9.50. The maximum Gasteiger partial charge on any atom is 0.142 e. The van der Waals surface area contributed by atoms with E-state index in [0.29, 0.717) is 5.92 Å². The Hall–Kier alpha value is -1.80. The van der Waals surface area contributed by atoms with Crippen molar-refractivity contribution >= 4 is 44.7 Å². The van der Waals surface area contributed by atoms with Crippen molar-refractivity contribution in [1.82, 2.24) is 14.9 Å². The summed E-state index contributed by atoms with van der Waals surface area (Å²) < 4.78 is 18.9. The lowest BCUT2D eigenvalue weighted by molar-refractivity contribution is 0.0351. The van der Waals surface area contributed by atoms with Crippen LogP contribution in [-0.4, -0.2) is 47.7 Å². The Labute approximate surface area is 184 Å². The van der Waals surface area contributed by atoms with Crippen LogP contribution in [0.5, 0.6) is 0 Å². The second kappa shape index (κ2) is 8.75. The molecule has 3 heterocycles. The fraction of sp³-hybridized carbons (Fsp3) is 0.455. The van der Waals surface area contributed by atoms with Crippen molar-refractivity contribution in [3.05, 3.63) is 45.8 Å². The predicted molar refractivity (Wildman–Crippen MR) is 119 cm³/mol. The van der Waals surface area contributed by atoms with Gasteiger partial charge in [0.25, 0.3) is 0 Å². The molecule has 8 heteroatoms. The van der Waals surface area contributed by atoms with Crippen LogP contribution >= 0.6 is 22.9 Å². The first-order valence-corrected chi connectivity index (χ1v) is 11.6. The number of benzene rings is 1. The van der Waals surface area contributed by atoms with Gasteiger partial charge < -0.3 is 10.1 Å². The lowest BCUT2D eigenvalue weighted by Crippen LogP contribution is -2.37. The molecule has 0 amide bonds. The molecule has 0 spiro atoms. The van der Waals surface area contributed by atoms with Crippen LogP contribution in [0.15, 0.2) is 24.5 Å². The van der Waals surface area contributed by atoms with E-state index in [1.165, 1.54) is 29.3 Å². The molecule has 1 aromatic carbocycles. The number of halogens is 2. The fourth-order valence-corrected chi connectivity index (χ4v) is 5.90. The van der Waals surface area contributed by atoms with Crippen molar-refractivity contribution in [1.29, 1.82) is 0 Å². The van der Waals surface area contributed by atoms with Gasteiger partial charge in [-0.15, -0.1) is 11.3 Å². The van der Waals surface area contributed by atoms with Crippen molar-refractivity contribution in [2.45, 2.75) is 25.7 Å². The summed E-state index contributed by atoms with van der Waals surface area (Å²) in [5.41, 5.74) is 2.09. The Kier molecular flexibility index (Phi) is 5.87. The maximum absolute atomic E-state index is 13.5. The molecular formula is C22H24ClFN4OS. The molecule has 1 fully saturated rings. The Morgan fingerprint density at radius 2 is 2.13 bits per heavy atom. The minimum atomic E-state index is -0.425. The van der Waals surface area contributed by atoms with Gasteiger partial charge in [-0.2, -0.15) is 0 Å². The third kappa shape index (κ3) is 4.17.